The lowest BCUT2D eigenvalue weighted by atomic mass is 9.93. The number of para-hydroxylation sites is 1. The van der Waals surface area contributed by atoms with Crippen LogP contribution in [0.4, 0.5) is 5.69 Å². The van der Waals surface area contributed by atoms with E-state index in [1.54, 1.807) is 38.5 Å². The first-order valence-corrected chi connectivity index (χ1v) is 12.9. The number of aromatic nitrogens is 1. The molecule has 2 heterocycles. The summed E-state index contributed by atoms with van der Waals surface area (Å²) in [6.45, 7) is 5.44. The molecule has 9 heteroatoms. The van der Waals surface area contributed by atoms with Gasteiger partial charge in [-0.25, -0.2) is 14.6 Å². The standard InChI is InChI=1S/C29H26N2O6S/c1-5-31(6-2)16-14-17(23-19(35-3)11-9-12-20(23)36-4)24-21(15-16)37-29(34)26(25(24)28(32)33)27-30-18-10-7-8-13-22(18)38-27/h7-15H,5-6H2,1-4H3,(H,32,33). The van der Waals surface area contributed by atoms with Gasteiger partial charge < -0.3 is 23.9 Å². The highest BCUT2D eigenvalue weighted by Crippen LogP contribution is 2.45. The minimum Gasteiger partial charge on any atom is -0.496 e. The number of aromatic carboxylic acids is 1. The van der Waals surface area contributed by atoms with Gasteiger partial charge in [0.15, 0.2) is 0 Å². The van der Waals surface area contributed by atoms with E-state index in [4.69, 9.17) is 13.9 Å². The van der Waals surface area contributed by atoms with Crippen LogP contribution in [0, 0.1) is 0 Å². The van der Waals surface area contributed by atoms with Gasteiger partial charge in [-0.1, -0.05) is 18.2 Å². The van der Waals surface area contributed by atoms with E-state index in [0.717, 1.165) is 10.4 Å². The van der Waals surface area contributed by atoms with Gasteiger partial charge in [0.25, 0.3) is 0 Å². The van der Waals surface area contributed by atoms with Crippen LogP contribution in [0.2, 0.25) is 0 Å². The fraction of sp³-hybridized carbons (Fsp3) is 0.207. The predicted octanol–water partition coefficient (Wildman–Crippen LogP) is 6.30. The number of fused-ring (bicyclic) bond motifs is 2. The highest BCUT2D eigenvalue weighted by molar-refractivity contribution is 7.21. The first-order chi connectivity index (χ1) is 18.4. The number of thiazole rings is 1. The Bertz CT molecular complexity index is 1680. The van der Waals surface area contributed by atoms with Crippen LogP contribution >= 0.6 is 11.3 Å². The minimum absolute atomic E-state index is 0.0862. The molecule has 0 unspecified atom stereocenters. The topological polar surface area (TPSA) is 102 Å². The molecule has 0 radical (unpaired) electrons. The van der Waals surface area contributed by atoms with Gasteiger partial charge in [-0.15, -0.1) is 11.3 Å². The highest BCUT2D eigenvalue weighted by atomic mass is 32.1. The maximum absolute atomic E-state index is 13.4. The molecule has 2 aromatic heterocycles. The number of carboxylic acid groups (broad SMARTS) is 1. The largest absolute Gasteiger partial charge is 0.496 e. The summed E-state index contributed by atoms with van der Waals surface area (Å²) >= 11 is 1.24. The SMILES string of the molecule is CCN(CC)c1cc(-c2c(OC)cccc2OC)c2c(C(=O)O)c(-c3nc4ccccc4s3)c(=O)oc2c1. The van der Waals surface area contributed by atoms with E-state index in [1.807, 2.05) is 44.2 Å². The summed E-state index contributed by atoms with van der Waals surface area (Å²) in [5, 5.41) is 11.1. The molecule has 0 saturated carbocycles. The normalized spacial score (nSPS) is 11.2. The second-order valence-electron chi connectivity index (χ2n) is 8.51. The zero-order valence-corrected chi connectivity index (χ0v) is 22.2. The van der Waals surface area contributed by atoms with Crippen LogP contribution in [0.5, 0.6) is 11.5 Å². The van der Waals surface area contributed by atoms with Crippen molar-refractivity contribution in [3.8, 4) is 33.2 Å². The fourth-order valence-electron chi connectivity index (χ4n) is 4.79. The van der Waals surface area contributed by atoms with Crippen molar-refractivity contribution in [1.82, 2.24) is 4.98 Å². The Hall–Kier alpha value is -4.37. The van der Waals surface area contributed by atoms with E-state index < -0.39 is 11.6 Å². The molecule has 0 fully saturated rings. The van der Waals surface area contributed by atoms with Crippen molar-refractivity contribution in [3.05, 3.63) is 70.6 Å². The molecule has 5 rings (SSSR count). The number of benzene rings is 3. The third kappa shape index (κ3) is 4.14. The Labute approximate surface area is 222 Å². The van der Waals surface area contributed by atoms with Gasteiger partial charge in [0, 0.05) is 35.8 Å². The maximum Gasteiger partial charge on any atom is 0.347 e. The van der Waals surface area contributed by atoms with Gasteiger partial charge in [0.2, 0.25) is 0 Å². The second kappa shape index (κ2) is 10.2. The average Bonchev–Trinajstić information content (AvgIpc) is 3.35. The lowest BCUT2D eigenvalue weighted by molar-refractivity contribution is 0.0699. The fourth-order valence-corrected chi connectivity index (χ4v) is 5.79. The number of nitrogens with zero attached hydrogens (tertiary/aromatic N) is 2. The molecule has 0 aliphatic carbocycles. The first kappa shape index (κ1) is 25.3. The van der Waals surface area contributed by atoms with E-state index in [1.165, 1.54) is 11.3 Å². The van der Waals surface area contributed by atoms with Crippen LogP contribution in [-0.4, -0.2) is 43.4 Å². The van der Waals surface area contributed by atoms with Crippen molar-refractivity contribution in [3.63, 3.8) is 0 Å². The van der Waals surface area contributed by atoms with Gasteiger partial charge in [0.1, 0.15) is 27.7 Å². The van der Waals surface area contributed by atoms with E-state index in [-0.39, 0.29) is 27.1 Å². The van der Waals surface area contributed by atoms with Crippen LogP contribution in [0.25, 0.3) is 42.9 Å². The molecular weight excluding hydrogens is 504 g/mol. The van der Waals surface area contributed by atoms with Gasteiger partial charge in [-0.3, -0.25) is 0 Å². The van der Waals surface area contributed by atoms with Crippen molar-refractivity contribution in [1.29, 1.82) is 0 Å². The van der Waals surface area contributed by atoms with Crippen LogP contribution in [0.3, 0.4) is 0 Å². The number of methoxy groups -OCH3 is 2. The predicted molar refractivity (Wildman–Crippen MR) is 150 cm³/mol. The number of anilines is 1. The Kier molecular flexibility index (Phi) is 6.77. The van der Waals surface area contributed by atoms with Crippen LogP contribution in [0.15, 0.2) is 63.8 Å². The van der Waals surface area contributed by atoms with Crippen molar-refractivity contribution in [2.75, 3.05) is 32.2 Å². The minimum atomic E-state index is -1.26. The maximum atomic E-state index is 13.4. The number of rotatable bonds is 8. The first-order valence-electron chi connectivity index (χ1n) is 12.1. The quantitative estimate of drug-likeness (QED) is 0.233. The molecule has 3 aromatic carbocycles. The molecule has 0 amide bonds. The Morgan fingerprint density at radius 2 is 1.68 bits per heavy atom. The molecule has 194 valence electrons. The molecule has 0 aliphatic rings. The summed E-state index contributed by atoms with van der Waals surface area (Å²) in [4.78, 5) is 33.0. The second-order valence-corrected chi connectivity index (χ2v) is 9.54. The number of hydrogen-bond acceptors (Lipinski definition) is 8. The third-order valence-corrected chi connectivity index (χ3v) is 7.59. The summed E-state index contributed by atoms with van der Waals surface area (Å²) < 4.78 is 18.1. The monoisotopic (exact) mass is 530 g/mol. The number of ether oxygens (including phenoxy) is 2. The van der Waals surface area contributed by atoms with E-state index >= 15 is 0 Å². The Balaban J connectivity index is 1.98. The number of hydrogen-bond donors (Lipinski definition) is 1. The summed E-state index contributed by atoms with van der Waals surface area (Å²) in [6.07, 6.45) is 0. The Morgan fingerprint density at radius 3 is 2.29 bits per heavy atom. The molecule has 0 bridgehead atoms. The van der Waals surface area contributed by atoms with Crippen molar-refractivity contribution in [2.45, 2.75) is 13.8 Å². The highest BCUT2D eigenvalue weighted by Gasteiger charge is 2.29. The molecular formula is C29H26N2O6S. The van der Waals surface area contributed by atoms with E-state index in [2.05, 4.69) is 9.88 Å². The van der Waals surface area contributed by atoms with Crippen LogP contribution < -0.4 is 20.0 Å². The molecule has 0 aliphatic heterocycles. The van der Waals surface area contributed by atoms with Gasteiger partial charge in [-0.2, -0.15) is 0 Å². The third-order valence-electron chi connectivity index (χ3n) is 6.54. The van der Waals surface area contributed by atoms with Crippen LogP contribution in [-0.2, 0) is 0 Å². The molecule has 8 nitrogen and oxygen atoms in total. The van der Waals surface area contributed by atoms with Crippen molar-refractivity contribution < 1.29 is 23.8 Å². The van der Waals surface area contributed by atoms with E-state index in [0.29, 0.717) is 41.2 Å². The zero-order chi connectivity index (χ0) is 27.0. The molecule has 5 aromatic rings. The lowest BCUT2D eigenvalue weighted by Gasteiger charge is -2.24. The Morgan fingerprint density at radius 1 is 1.00 bits per heavy atom. The van der Waals surface area contributed by atoms with Gasteiger partial charge in [0.05, 0.1) is 35.6 Å². The van der Waals surface area contributed by atoms with Crippen molar-refractivity contribution >= 4 is 44.2 Å². The number of carboxylic acids is 1. The molecule has 0 saturated heterocycles. The van der Waals surface area contributed by atoms with Gasteiger partial charge >= 0.3 is 11.6 Å². The van der Waals surface area contributed by atoms with Crippen molar-refractivity contribution in [2.24, 2.45) is 0 Å². The molecule has 0 spiro atoms. The zero-order valence-electron chi connectivity index (χ0n) is 21.4. The molecule has 0 atom stereocenters. The summed E-state index contributed by atoms with van der Waals surface area (Å²) in [6, 6.07) is 16.4. The smallest absolute Gasteiger partial charge is 0.347 e. The summed E-state index contributed by atoms with van der Waals surface area (Å²) in [7, 11) is 3.08. The number of carbonyl (C=O) groups is 1. The average molecular weight is 531 g/mol. The summed E-state index contributed by atoms with van der Waals surface area (Å²) in [5.74, 6) is -0.277. The summed E-state index contributed by atoms with van der Waals surface area (Å²) in [5.41, 5.74) is 1.66. The van der Waals surface area contributed by atoms with Crippen LogP contribution in [0.1, 0.15) is 24.2 Å². The van der Waals surface area contributed by atoms with Gasteiger partial charge in [-0.05, 0) is 44.2 Å². The molecule has 38 heavy (non-hydrogen) atoms. The lowest BCUT2D eigenvalue weighted by Crippen LogP contribution is -2.22. The molecule has 1 N–H and O–H groups in total. The van der Waals surface area contributed by atoms with E-state index in [9.17, 15) is 14.7 Å².